The van der Waals surface area contributed by atoms with Crippen LogP contribution in [-0.4, -0.2) is 60.0 Å². The van der Waals surface area contributed by atoms with Crippen molar-refractivity contribution in [3.8, 4) is 6.07 Å². The molecule has 0 N–H and O–H groups in total. The smallest absolute Gasteiger partial charge is 0.240 e. The van der Waals surface area contributed by atoms with Gasteiger partial charge in [0, 0.05) is 44.0 Å². The zero-order chi connectivity index (χ0) is 17.3. The lowest BCUT2D eigenvalue weighted by atomic mass is 10.1. The lowest BCUT2D eigenvalue weighted by Crippen LogP contribution is -2.54. The predicted molar refractivity (Wildman–Crippen MR) is 94.8 cm³/mol. The Kier molecular flexibility index (Phi) is 4.51. The molecule has 0 radical (unpaired) electrons. The quantitative estimate of drug-likeness (QED) is 0.835. The largest absolute Gasteiger partial charge is 0.369 e. The number of hydrogen-bond donors (Lipinski definition) is 0. The van der Waals surface area contributed by atoms with Gasteiger partial charge in [0.1, 0.15) is 0 Å². The van der Waals surface area contributed by atoms with Crippen LogP contribution in [0.1, 0.15) is 32.8 Å². The van der Waals surface area contributed by atoms with Crippen LogP contribution in [0.4, 0.5) is 5.69 Å². The second-order valence-electron chi connectivity index (χ2n) is 7.65. The van der Waals surface area contributed by atoms with Gasteiger partial charge < -0.3 is 9.80 Å². The van der Waals surface area contributed by atoms with Crippen molar-refractivity contribution in [2.75, 3.05) is 37.6 Å². The molecule has 0 spiro atoms. The summed E-state index contributed by atoms with van der Waals surface area (Å²) in [5.74, 6) is 0.286. The Morgan fingerprint density at radius 2 is 1.67 bits per heavy atom. The number of nitriles is 1. The van der Waals surface area contributed by atoms with Gasteiger partial charge in [0.25, 0.3) is 0 Å². The summed E-state index contributed by atoms with van der Waals surface area (Å²) in [5, 5.41) is 8.89. The van der Waals surface area contributed by atoms with Crippen molar-refractivity contribution in [1.29, 1.82) is 5.26 Å². The maximum absolute atomic E-state index is 12.7. The first kappa shape index (κ1) is 16.8. The summed E-state index contributed by atoms with van der Waals surface area (Å²) in [5.41, 5.74) is 1.76. The molecule has 2 fully saturated rings. The van der Waals surface area contributed by atoms with E-state index in [1.54, 1.807) is 0 Å². The molecule has 0 aliphatic carbocycles. The van der Waals surface area contributed by atoms with E-state index in [0.29, 0.717) is 5.56 Å². The van der Waals surface area contributed by atoms with Crippen molar-refractivity contribution in [2.24, 2.45) is 0 Å². The third-order valence-electron chi connectivity index (χ3n) is 5.10. The predicted octanol–water partition coefficient (Wildman–Crippen LogP) is 2.08. The van der Waals surface area contributed by atoms with E-state index in [0.717, 1.165) is 44.8 Å². The normalized spacial score (nSPS) is 22.8. The molecule has 1 amide bonds. The highest BCUT2D eigenvalue weighted by Gasteiger charge is 2.41. The average molecular weight is 326 g/mol. The standard InChI is InChI=1S/C19H26N4O/c1-19(2,3)23-9-8-17(18(23)24)22-12-10-21(11-13-22)16-6-4-15(14-20)5-7-16/h4-7,17H,8-13H2,1-3H3. The molecular weight excluding hydrogens is 300 g/mol. The fraction of sp³-hybridized carbons (Fsp3) is 0.579. The molecule has 0 bridgehead atoms. The van der Waals surface area contributed by atoms with Crippen LogP contribution in [0.5, 0.6) is 0 Å². The molecule has 128 valence electrons. The lowest BCUT2D eigenvalue weighted by molar-refractivity contribution is -0.136. The monoisotopic (exact) mass is 326 g/mol. The summed E-state index contributed by atoms with van der Waals surface area (Å²) in [4.78, 5) is 19.4. The second kappa shape index (κ2) is 6.45. The summed E-state index contributed by atoms with van der Waals surface area (Å²) in [6.45, 7) is 10.9. The Labute approximate surface area is 144 Å². The van der Waals surface area contributed by atoms with Gasteiger partial charge in [0.05, 0.1) is 17.7 Å². The van der Waals surface area contributed by atoms with Gasteiger partial charge >= 0.3 is 0 Å². The van der Waals surface area contributed by atoms with Crippen LogP contribution in [0.3, 0.4) is 0 Å². The van der Waals surface area contributed by atoms with Crippen molar-refractivity contribution < 1.29 is 4.79 Å². The number of piperazine rings is 1. The van der Waals surface area contributed by atoms with E-state index in [1.807, 2.05) is 29.2 Å². The molecule has 5 nitrogen and oxygen atoms in total. The minimum absolute atomic E-state index is 0.0485. The van der Waals surface area contributed by atoms with E-state index in [2.05, 4.69) is 36.6 Å². The van der Waals surface area contributed by atoms with Crippen LogP contribution in [-0.2, 0) is 4.79 Å². The van der Waals surface area contributed by atoms with Gasteiger partial charge in [-0.3, -0.25) is 9.69 Å². The van der Waals surface area contributed by atoms with Gasteiger partial charge in [-0.2, -0.15) is 5.26 Å². The molecule has 2 heterocycles. The third kappa shape index (κ3) is 3.25. The molecule has 1 aromatic carbocycles. The first-order valence-electron chi connectivity index (χ1n) is 8.71. The number of benzene rings is 1. The van der Waals surface area contributed by atoms with Crippen LogP contribution >= 0.6 is 0 Å². The summed E-state index contributed by atoms with van der Waals surface area (Å²) in [7, 11) is 0. The van der Waals surface area contributed by atoms with Crippen molar-refractivity contribution >= 4 is 11.6 Å². The fourth-order valence-corrected chi connectivity index (χ4v) is 3.71. The maximum atomic E-state index is 12.7. The second-order valence-corrected chi connectivity index (χ2v) is 7.65. The number of nitrogens with zero attached hydrogens (tertiary/aromatic N) is 4. The van der Waals surface area contributed by atoms with Gasteiger partial charge in [-0.25, -0.2) is 0 Å². The van der Waals surface area contributed by atoms with E-state index < -0.39 is 0 Å². The van der Waals surface area contributed by atoms with Gasteiger partial charge in [0.15, 0.2) is 0 Å². The molecule has 1 unspecified atom stereocenters. The van der Waals surface area contributed by atoms with Gasteiger partial charge in [-0.05, 0) is 51.5 Å². The highest BCUT2D eigenvalue weighted by atomic mass is 16.2. The number of carbonyl (C=O) groups is 1. The van der Waals surface area contributed by atoms with Crippen LogP contribution < -0.4 is 4.90 Å². The molecule has 2 aliphatic heterocycles. The zero-order valence-electron chi connectivity index (χ0n) is 14.8. The van der Waals surface area contributed by atoms with Crippen molar-refractivity contribution in [3.63, 3.8) is 0 Å². The maximum Gasteiger partial charge on any atom is 0.240 e. The number of likely N-dealkylation sites (tertiary alicyclic amines) is 1. The summed E-state index contributed by atoms with van der Waals surface area (Å²) >= 11 is 0. The molecule has 24 heavy (non-hydrogen) atoms. The van der Waals surface area contributed by atoms with Crippen LogP contribution in [0, 0.1) is 11.3 Å². The minimum atomic E-state index is -0.0872. The summed E-state index contributed by atoms with van der Waals surface area (Å²) < 4.78 is 0. The Balaban J connectivity index is 1.59. The molecule has 0 saturated carbocycles. The summed E-state index contributed by atoms with van der Waals surface area (Å²) in [6.07, 6.45) is 0.937. The minimum Gasteiger partial charge on any atom is -0.369 e. The van der Waals surface area contributed by atoms with Crippen molar-refractivity contribution in [1.82, 2.24) is 9.80 Å². The molecular formula is C19H26N4O. The van der Waals surface area contributed by atoms with Crippen LogP contribution in [0.2, 0.25) is 0 Å². The molecule has 1 atom stereocenters. The van der Waals surface area contributed by atoms with E-state index in [1.165, 1.54) is 0 Å². The Morgan fingerprint density at radius 3 is 2.17 bits per heavy atom. The topological polar surface area (TPSA) is 50.6 Å². The number of amides is 1. The van der Waals surface area contributed by atoms with E-state index >= 15 is 0 Å². The Morgan fingerprint density at radius 1 is 1.04 bits per heavy atom. The number of carbonyl (C=O) groups excluding carboxylic acids is 1. The Hall–Kier alpha value is -2.06. The first-order chi connectivity index (χ1) is 11.4. The van der Waals surface area contributed by atoms with Gasteiger partial charge in [-0.15, -0.1) is 0 Å². The highest BCUT2D eigenvalue weighted by molar-refractivity contribution is 5.84. The molecule has 2 saturated heterocycles. The lowest BCUT2D eigenvalue weighted by Gasteiger charge is -2.39. The van der Waals surface area contributed by atoms with Crippen molar-refractivity contribution in [3.05, 3.63) is 29.8 Å². The summed E-state index contributed by atoms with van der Waals surface area (Å²) in [6, 6.07) is 9.95. The SMILES string of the molecule is CC(C)(C)N1CCC(N2CCN(c3ccc(C#N)cc3)CC2)C1=O. The van der Waals surface area contributed by atoms with Crippen LogP contribution in [0.25, 0.3) is 0 Å². The van der Waals surface area contributed by atoms with Crippen LogP contribution in [0.15, 0.2) is 24.3 Å². The zero-order valence-corrected chi connectivity index (χ0v) is 14.8. The Bertz CT molecular complexity index is 633. The average Bonchev–Trinajstić information content (AvgIpc) is 2.97. The first-order valence-corrected chi connectivity index (χ1v) is 8.71. The number of anilines is 1. The molecule has 5 heteroatoms. The van der Waals surface area contributed by atoms with E-state index in [4.69, 9.17) is 5.26 Å². The molecule has 0 aromatic heterocycles. The number of hydrogen-bond acceptors (Lipinski definition) is 4. The molecule has 1 aromatic rings. The highest BCUT2D eigenvalue weighted by Crippen LogP contribution is 2.26. The van der Waals surface area contributed by atoms with E-state index in [9.17, 15) is 4.79 Å². The van der Waals surface area contributed by atoms with Crippen molar-refractivity contribution in [2.45, 2.75) is 38.8 Å². The van der Waals surface area contributed by atoms with Gasteiger partial charge in [0.2, 0.25) is 5.91 Å². The van der Waals surface area contributed by atoms with E-state index in [-0.39, 0.29) is 17.5 Å². The molecule has 2 aliphatic rings. The fourth-order valence-electron chi connectivity index (χ4n) is 3.71. The van der Waals surface area contributed by atoms with Gasteiger partial charge in [-0.1, -0.05) is 0 Å². The number of rotatable bonds is 2. The molecule has 3 rings (SSSR count). The third-order valence-corrected chi connectivity index (χ3v) is 5.10.